The van der Waals surface area contributed by atoms with E-state index in [2.05, 4.69) is 15.4 Å². The lowest BCUT2D eigenvalue weighted by Crippen LogP contribution is -2.27. The van der Waals surface area contributed by atoms with Gasteiger partial charge in [0.05, 0.1) is 11.9 Å². The molecule has 7 heteroatoms. The molecule has 5 nitrogen and oxygen atoms in total. The first-order valence-electron chi connectivity index (χ1n) is 8.70. The van der Waals surface area contributed by atoms with Gasteiger partial charge in [-0.3, -0.25) is 14.5 Å². The van der Waals surface area contributed by atoms with E-state index in [1.54, 1.807) is 46.7 Å². The van der Waals surface area contributed by atoms with E-state index in [9.17, 15) is 9.18 Å². The van der Waals surface area contributed by atoms with E-state index in [1.807, 2.05) is 29.0 Å². The third kappa shape index (κ3) is 4.15. The summed E-state index contributed by atoms with van der Waals surface area (Å²) in [6.45, 7) is 0.499. The van der Waals surface area contributed by atoms with Crippen molar-refractivity contribution < 1.29 is 9.18 Å². The Morgan fingerprint density at radius 1 is 1.11 bits per heavy atom. The van der Waals surface area contributed by atoms with Gasteiger partial charge >= 0.3 is 0 Å². The molecule has 0 aliphatic carbocycles. The highest BCUT2D eigenvalue weighted by molar-refractivity contribution is 7.08. The highest BCUT2D eigenvalue weighted by atomic mass is 32.1. The van der Waals surface area contributed by atoms with Crippen LogP contribution < -0.4 is 5.32 Å². The summed E-state index contributed by atoms with van der Waals surface area (Å²) in [5.41, 5.74) is 4.57. The van der Waals surface area contributed by atoms with Crippen LogP contribution in [0.5, 0.6) is 0 Å². The number of thiophene rings is 1. The van der Waals surface area contributed by atoms with Crippen molar-refractivity contribution in [2.24, 2.45) is 0 Å². The molecule has 4 rings (SSSR count). The maximum Gasteiger partial charge on any atom is 0.241 e. The van der Waals surface area contributed by atoms with Crippen molar-refractivity contribution in [1.82, 2.24) is 20.1 Å². The molecule has 3 aromatic heterocycles. The van der Waals surface area contributed by atoms with Crippen molar-refractivity contribution in [2.75, 3.05) is 0 Å². The second-order valence-electron chi connectivity index (χ2n) is 6.23. The van der Waals surface area contributed by atoms with E-state index >= 15 is 0 Å². The minimum absolute atomic E-state index is 0.106. The van der Waals surface area contributed by atoms with Gasteiger partial charge in [-0.05, 0) is 40.8 Å². The molecule has 0 saturated heterocycles. The molecule has 0 atom stereocenters. The van der Waals surface area contributed by atoms with E-state index in [-0.39, 0.29) is 18.3 Å². The zero-order chi connectivity index (χ0) is 19.3. The smallest absolute Gasteiger partial charge is 0.241 e. The molecule has 0 aliphatic heterocycles. The molecule has 0 radical (unpaired) electrons. The number of carbonyl (C=O) groups is 1. The largest absolute Gasteiger partial charge is 0.350 e. The number of nitrogens with one attached hydrogen (secondary N) is 1. The minimum atomic E-state index is -0.284. The average molecular weight is 392 g/mol. The van der Waals surface area contributed by atoms with Gasteiger partial charge < -0.3 is 5.32 Å². The Hall–Kier alpha value is -3.32. The topological polar surface area (TPSA) is 59.8 Å². The Bertz CT molecular complexity index is 1070. The Morgan fingerprint density at radius 3 is 2.75 bits per heavy atom. The summed E-state index contributed by atoms with van der Waals surface area (Å²) in [6, 6.07) is 12.0. The summed E-state index contributed by atoms with van der Waals surface area (Å²) in [5, 5.41) is 11.2. The molecule has 28 heavy (non-hydrogen) atoms. The van der Waals surface area contributed by atoms with Crippen molar-refractivity contribution in [2.45, 2.75) is 13.1 Å². The van der Waals surface area contributed by atoms with E-state index in [0.717, 1.165) is 27.9 Å². The third-order valence-electron chi connectivity index (χ3n) is 4.28. The maximum absolute atomic E-state index is 13.0. The molecule has 0 aliphatic rings. The molecular weight excluding hydrogens is 375 g/mol. The van der Waals surface area contributed by atoms with Gasteiger partial charge in [-0.15, -0.1) is 0 Å². The van der Waals surface area contributed by atoms with Crippen LogP contribution in [-0.2, 0) is 17.9 Å². The van der Waals surface area contributed by atoms with Crippen LogP contribution in [-0.4, -0.2) is 20.7 Å². The number of halogens is 1. The zero-order valence-electron chi connectivity index (χ0n) is 14.9. The second-order valence-corrected chi connectivity index (χ2v) is 7.01. The summed E-state index contributed by atoms with van der Waals surface area (Å²) in [7, 11) is 0. The Kier molecular flexibility index (Phi) is 5.25. The molecule has 0 fully saturated rings. The van der Waals surface area contributed by atoms with Gasteiger partial charge in [0.15, 0.2) is 0 Å². The van der Waals surface area contributed by atoms with E-state index in [0.29, 0.717) is 6.54 Å². The van der Waals surface area contributed by atoms with Crippen LogP contribution >= 0.6 is 11.3 Å². The fraction of sp³-hybridized carbons (Fsp3) is 0.0952. The van der Waals surface area contributed by atoms with Gasteiger partial charge in [0.1, 0.15) is 12.4 Å². The Morgan fingerprint density at radius 2 is 1.96 bits per heavy atom. The van der Waals surface area contributed by atoms with E-state index < -0.39 is 0 Å². The van der Waals surface area contributed by atoms with Gasteiger partial charge in [0, 0.05) is 35.4 Å². The van der Waals surface area contributed by atoms with Gasteiger partial charge in [0.25, 0.3) is 0 Å². The van der Waals surface area contributed by atoms with Gasteiger partial charge in [0.2, 0.25) is 5.91 Å². The summed E-state index contributed by atoms with van der Waals surface area (Å²) < 4.78 is 14.6. The third-order valence-corrected chi connectivity index (χ3v) is 4.96. The van der Waals surface area contributed by atoms with Crippen molar-refractivity contribution in [3.63, 3.8) is 0 Å². The van der Waals surface area contributed by atoms with Crippen molar-refractivity contribution in [1.29, 1.82) is 0 Å². The lowest BCUT2D eigenvalue weighted by atomic mass is 10.1. The van der Waals surface area contributed by atoms with Crippen LogP contribution in [0.1, 0.15) is 5.56 Å². The molecule has 1 aromatic carbocycles. The van der Waals surface area contributed by atoms with Gasteiger partial charge in [-0.1, -0.05) is 18.2 Å². The predicted molar refractivity (Wildman–Crippen MR) is 107 cm³/mol. The molecule has 1 N–H and O–H groups in total. The normalized spacial score (nSPS) is 10.8. The first kappa shape index (κ1) is 18.1. The number of pyridine rings is 1. The second kappa shape index (κ2) is 8.14. The van der Waals surface area contributed by atoms with Gasteiger partial charge in [-0.25, -0.2) is 4.39 Å². The summed E-state index contributed by atoms with van der Waals surface area (Å²) in [6.07, 6.45) is 5.18. The number of nitrogens with zero attached hydrogens (tertiary/aromatic N) is 3. The van der Waals surface area contributed by atoms with Crippen LogP contribution in [0.4, 0.5) is 4.39 Å². The number of hydrogen-bond acceptors (Lipinski definition) is 4. The SMILES string of the molecule is O=C(Cn1cc(-c2ccc(F)cc2)cn1)NCc1cccnc1-c1ccsc1. The Balaban J connectivity index is 1.39. The first-order chi connectivity index (χ1) is 13.7. The van der Waals surface area contributed by atoms with Gasteiger partial charge in [-0.2, -0.15) is 16.4 Å². The summed E-state index contributed by atoms with van der Waals surface area (Å²) in [5.74, 6) is -0.429. The Labute approximate surface area is 165 Å². The van der Waals surface area contributed by atoms with Crippen LogP contribution in [0.15, 0.2) is 71.8 Å². The highest BCUT2D eigenvalue weighted by Gasteiger charge is 2.10. The van der Waals surface area contributed by atoms with Crippen LogP contribution in [0.25, 0.3) is 22.4 Å². The summed E-state index contributed by atoms with van der Waals surface area (Å²) in [4.78, 5) is 16.8. The number of rotatable bonds is 6. The maximum atomic E-state index is 13.0. The highest BCUT2D eigenvalue weighted by Crippen LogP contribution is 2.23. The molecule has 1 amide bonds. The van der Waals surface area contributed by atoms with Crippen LogP contribution in [0.3, 0.4) is 0 Å². The van der Waals surface area contributed by atoms with E-state index in [4.69, 9.17) is 0 Å². The minimum Gasteiger partial charge on any atom is -0.350 e. The molecule has 0 saturated carbocycles. The molecule has 0 spiro atoms. The summed E-state index contributed by atoms with van der Waals surface area (Å²) >= 11 is 1.61. The van der Waals surface area contributed by atoms with Crippen molar-refractivity contribution in [3.05, 3.63) is 83.2 Å². The first-order valence-corrected chi connectivity index (χ1v) is 9.65. The molecule has 3 heterocycles. The molecule has 140 valence electrons. The monoisotopic (exact) mass is 392 g/mol. The number of aromatic nitrogens is 3. The van der Waals surface area contributed by atoms with Crippen LogP contribution in [0.2, 0.25) is 0 Å². The lowest BCUT2D eigenvalue weighted by Gasteiger charge is -2.09. The molecule has 0 unspecified atom stereocenters. The molecular formula is C21H17FN4OS. The standard InChI is InChI=1S/C21H17FN4OS/c22-19-5-3-15(4-6-19)18-11-25-26(12-18)13-20(27)24-10-16-2-1-8-23-21(16)17-7-9-28-14-17/h1-9,11-12,14H,10,13H2,(H,24,27). The number of hydrogen-bond donors (Lipinski definition) is 1. The fourth-order valence-electron chi connectivity index (χ4n) is 2.88. The van der Waals surface area contributed by atoms with E-state index in [1.165, 1.54) is 12.1 Å². The number of benzene rings is 1. The molecule has 0 bridgehead atoms. The number of carbonyl (C=O) groups excluding carboxylic acids is 1. The quantitative estimate of drug-likeness (QED) is 0.537. The zero-order valence-corrected chi connectivity index (χ0v) is 15.7. The number of amides is 1. The van der Waals surface area contributed by atoms with Crippen LogP contribution in [0, 0.1) is 5.82 Å². The average Bonchev–Trinajstić information content (AvgIpc) is 3.39. The fourth-order valence-corrected chi connectivity index (χ4v) is 3.52. The van der Waals surface area contributed by atoms with Crippen molar-refractivity contribution >= 4 is 17.2 Å². The lowest BCUT2D eigenvalue weighted by molar-refractivity contribution is -0.122. The van der Waals surface area contributed by atoms with Crippen molar-refractivity contribution in [3.8, 4) is 22.4 Å². The molecule has 4 aromatic rings. The predicted octanol–water partition coefficient (Wildman–Crippen LogP) is 4.13.